The predicted molar refractivity (Wildman–Crippen MR) is 146 cm³/mol. The number of rotatable bonds is 3. The summed E-state index contributed by atoms with van der Waals surface area (Å²) in [7, 11) is 0. The zero-order chi connectivity index (χ0) is 25.3. The first-order chi connectivity index (χ1) is 18.0. The van der Waals surface area contributed by atoms with Crippen LogP contribution < -0.4 is 4.90 Å². The molecule has 2 aliphatic heterocycles. The van der Waals surface area contributed by atoms with Crippen LogP contribution in [0.25, 0.3) is 6.08 Å². The van der Waals surface area contributed by atoms with Gasteiger partial charge < -0.3 is 4.90 Å². The molecule has 4 nitrogen and oxygen atoms in total. The molecule has 3 aliphatic rings. The van der Waals surface area contributed by atoms with Gasteiger partial charge in [0.2, 0.25) is 0 Å². The molecule has 1 fully saturated rings. The van der Waals surface area contributed by atoms with Crippen LogP contribution in [-0.4, -0.2) is 29.4 Å². The van der Waals surface area contributed by atoms with Crippen LogP contribution in [0.5, 0.6) is 0 Å². The van der Waals surface area contributed by atoms with Crippen LogP contribution in [0.1, 0.15) is 47.4 Å². The Bertz CT molecular complexity index is 1590. The summed E-state index contributed by atoms with van der Waals surface area (Å²) in [5.41, 5.74) is 1.82. The molecule has 37 heavy (non-hydrogen) atoms. The van der Waals surface area contributed by atoms with E-state index in [1.165, 1.54) is 11.3 Å². The third-order valence-electron chi connectivity index (χ3n) is 7.96. The lowest BCUT2D eigenvalue weighted by Crippen LogP contribution is -2.48. The molecule has 3 atom stereocenters. The van der Waals surface area contributed by atoms with Gasteiger partial charge in [0.15, 0.2) is 17.3 Å². The molecule has 6 heteroatoms. The number of fused-ring (bicyclic) bond motifs is 5. The van der Waals surface area contributed by atoms with Crippen LogP contribution in [-0.2, 0) is 0 Å². The van der Waals surface area contributed by atoms with Gasteiger partial charge in [0, 0.05) is 27.8 Å². The number of halogens is 1. The van der Waals surface area contributed by atoms with Crippen LogP contribution in [0.4, 0.5) is 5.69 Å². The summed E-state index contributed by atoms with van der Waals surface area (Å²) in [5.74, 6) is -1.23. The Morgan fingerprint density at radius 2 is 1.57 bits per heavy atom. The maximum atomic E-state index is 14.5. The van der Waals surface area contributed by atoms with Crippen LogP contribution in [0.3, 0.4) is 0 Å². The Balaban J connectivity index is 1.56. The molecule has 4 aromatic rings. The number of carbonyl (C=O) groups excluding carboxylic acids is 3. The molecule has 1 saturated heterocycles. The zero-order valence-corrected chi connectivity index (χ0v) is 21.1. The van der Waals surface area contributed by atoms with Crippen molar-refractivity contribution in [3.8, 4) is 0 Å². The van der Waals surface area contributed by atoms with Crippen molar-refractivity contribution in [2.24, 2.45) is 5.41 Å². The summed E-state index contributed by atoms with van der Waals surface area (Å²) in [6.07, 6.45) is 3.84. The molecule has 3 unspecified atom stereocenters. The molecule has 0 saturated carbocycles. The summed E-state index contributed by atoms with van der Waals surface area (Å²) in [6, 6.07) is 24.4. The molecule has 7 rings (SSSR count). The van der Waals surface area contributed by atoms with Crippen molar-refractivity contribution in [3.63, 3.8) is 0 Å². The molecular formula is C31H20ClNO3S. The maximum absolute atomic E-state index is 14.5. The Kier molecular flexibility index (Phi) is 4.91. The third-order valence-corrected chi connectivity index (χ3v) is 9.08. The topological polar surface area (TPSA) is 54.5 Å². The van der Waals surface area contributed by atoms with Crippen molar-refractivity contribution < 1.29 is 14.4 Å². The van der Waals surface area contributed by atoms with Crippen molar-refractivity contribution in [1.29, 1.82) is 0 Å². The predicted octanol–water partition coefficient (Wildman–Crippen LogP) is 6.72. The van der Waals surface area contributed by atoms with Gasteiger partial charge in [-0.1, -0.05) is 84.4 Å². The van der Waals surface area contributed by atoms with E-state index in [-0.39, 0.29) is 17.3 Å². The Morgan fingerprint density at radius 3 is 2.24 bits per heavy atom. The lowest BCUT2D eigenvalue weighted by Gasteiger charge is -2.37. The molecule has 1 spiro atoms. The molecule has 0 radical (unpaired) electrons. The molecule has 1 aromatic heterocycles. The second-order valence-corrected chi connectivity index (χ2v) is 11.0. The quantitative estimate of drug-likeness (QED) is 0.222. The van der Waals surface area contributed by atoms with E-state index in [1.54, 1.807) is 30.3 Å². The largest absolute Gasteiger partial charge is 0.352 e. The van der Waals surface area contributed by atoms with Crippen molar-refractivity contribution in [1.82, 2.24) is 0 Å². The van der Waals surface area contributed by atoms with Crippen LogP contribution in [0, 0.1) is 5.41 Å². The van der Waals surface area contributed by atoms with E-state index in [1.807, 2.05) is 77.0 Å². The summed E-state index contributed by atoms with van der Waals surface area (Å²) < 4.78 is 0. The molecule has 180 valence electrons. The highest BCUT2D eigenvalue weighted by Crippen LogP contribution is 2.61. The summed E-state index contributed by atoms with van der Waals surface area (Å²) in [6.45, 7) is 0. The van der Waals surface area contributed by atoms with Crippen molar-refractivity contribution in [2.75, 3.05) is 4.90 Å². The van der Waals surface area contributed by atoms with E-state index in [4.69, 9.17) is 11.6 Å². The number of nitrogens with zero attached hydrogens (tertiary/aromatic N) is 1. The average molecular weight is 522 g/mol. The lowest BCUT2D eigenvalue weighted by atomic mass is 9.64. The van der Waals surface area contributed by atoms with E-state index in [0.717, 1.165) is 16.8 Å². The van der Waals surface area contributed by atoms with Crippen molar-refractivity contribution >= 4 is 52.1 Å². The van der Waals surface area contributed by atoms with Gasteiger partial charge in [0.05, 0.1) is 10.9 Å². The summed E-state index contributed by atoms with van der Waals surface area (Å²) >= 11 is 7.70. The second kappa shape index (κ2) is 8.10. The van der Waals surface area contributed by atoms with Crippen molar-refractivity contribution in [2.45, 2.75) is 18.0 Å². The minimum Gasteiger partial charge on any atom is -0.352 e. The van der Waals surface area contributed by atoms with Gasteiger partial charge in [-0.2, -0.15) is 0 Å². The van der Waals surface area contributed by atoms with Gasteiger partial charge in [-0.25, -0.2) is 0 Å². The van der Waals surface area contributed by atoms with Gasteiger partial charge in [-0.15, -0.1) is 11.3 Å². The fraction of sp³-hybridized carbons (Fsp3) is 0.129. The van der Waals surface area contributed by atoms with Gasteiger partial charge in [0.25, 0.3) is 0 Å². The number of hydrogen-bond acceptors (Lipinski definition) is 5. The van der Waals surface area contributed by atoms with Gasteiger partial charge in [-0.3, -0.25) is 14.4 Å². The molecule has 0 N–H and O–H groups in total. The third kappa shape index (κ3) is 2.93. The Morgan fingerprint density at radius 1 is 0.865 bits per heavy atom. The van der Waals surface area contributed by atoms with Crippen molar-refractivity contribution in [3.05, 3.63) is 129 Å². The van der Waals surface area contributed by atoms with E-state index in [9.17, 15) is 14.4 Å². The normalized spacial score (nSPS) is 22.7. The first-order valence-electron chi connectivity index (χ1n) is 12.1. The molecule has 3 heterocycles. The molecule has 3 aromatic carbocycles. The monoisotopic (exact) mass is 521 g/mol. The van der Waals surface area contributed by atoms with Gasteiger partial charge in [-0.05, 0) is 40.8 Å². The SMILES string of the molecule is O=C(c1cccs1)C1C(c2ccccc2)C2(C(=O)c3ccccc3C2=O)C2C=Cc3cc(Cl)ccc3N12. The maximum Gasteiger partial charge on any atom is 0.195 e. The second-order valence-electron chi connectivity index (χ2n) is 9.66. The number of carbonyl (C=O) groups is 3. The summed E-state index contributed by atoms with van der Waals surface area (Å²) in [4.78, 5) is 45.9. The highest BCUT2D eigenvalue weighted by atomic mass is 35.5. The summed E-state index contributed by atoms with van der Waals surface area (Å²) in [5, 5.41) is 2.45. The first-order valence-corrected chi connectivity index (χ1v) is 13.4. The number of thiophene rings is 1. The molecular weight excluding hydrogens is 502 g/mol. The van der Waals surface area contributed by atoms with Gasteiger partial charge in [0.1, 0.15) is 11.5 Å². The van der Waals surface area contributed by atoms with E-state index >= 15 is 0 Å². The minimum absolute atomic E-state index is 0.0986. The van der Waals surface area contributed by atoms with E-state index < -0.39 is 23.4 Å². The Hall–Kier alpha value is -3.80. The highest BCUT2D eigenvalue weighted by Gasteiger charge is 2.71. The average Bonchev–Trinajstić information content (AvgIpc) is 3.62. The number of anilines is 1. The fourth-order valence-electron chi connectivity index (χ4n) is 6.55. The molecule has 0 amide bonds. The van der Waals surface area contributed by atoms with Crippen LogP contribution in [0.15, 0.2) is 96.4 Å². The Labute approximate surface area is 222 Å². The first kappa shape index (κ1) is 22.4. The lowest BCUT2D eigenvalue weighted by molar-refractivity contribution is 0.0666. The number of ketones is 3. The molecule has 0 bridgehead atoms. The highest BCUT2D eigenvalue weighted by molar-refractivity contribution is 7.12. The number of benzene rings is 3. The van der Waals surface area contributed by atoms with Crippen LogP contribution in [0.2, 0.25) is 5.02 Å². The molecule has 1 aliphatic carbocycles. The van der Waals surface area contributed by atoms with Gasteiger partial charge >= 0.3 is 0 Å². The number of Topliss-reactive ketones (excluding diaryl/α,β-unsaturated/α-hetero) is 3. The van der Waals surface area contributed by atoms with Crippen LogP contribution >= 0.6 is 22.9 Å². The minimum atomic E-state index is -1.48. The van der Waals surface area contributed by atoms with E-state index in [2.05, 4.69) is 0 Å². The van der Waals surface area contributed by atoms with E-state index in [0.29, 0.717) is 21.0 Å². The number of hydrogen-bond donors (Lipinski definition) is 0. The standard InChI is InChI=1S/C31H20ClNO3S/c32-20-13-14-23-19(17-20)12-15-25-31(29(35)21-9-4-5-10-22(21)30(31)36)26(18-7-2-1-3-8-18)27(33(23)25)28(34)24-11-6-16-37-24/h1-17,25-27H. The smallest absolute Gasteiger partial charge is 0.195 e. The zero-order valence-electron chi connectivity index (χ0n) is 19.5. The fourth-order valence-corrected chi connectivity index (χ4v) is 7.42.